The molecule has 0 aromatic heterocycles. The lowest BCUT2D eigenvalue weighted by atomic mass is 9.75. The van der Waals surface area contributed by atoms with Gasteiger partial charge in [-0.05, 0) is 6.92 Å². The maximum Gasteiger partial charge on any atom is 0.351 e. The molecule has 134 valence electrons. The lowest BCUT2D eigenvalue weighted by Gasteiger charge is -2.35. The van der Waals surface area contributed by atoms with E-state index in [0.717, 1.165) is 0 Å². The number of rotatable bonds is 8. The molecular weight excluding hydrogens is 320 g/mol. The molecule has 0 spiro atoms. The van der Waals surface area contributed by atoms with Crippen molar-refractivity contribution in [3.05, 3.63) is 12.2 Å². The number of esters is 3. The van der Waals surface area contributed by atoms with E-state index in [4.69, 9.17) is 19.3 Å². The summed E-state index contributed by atoms with van der Waals surface area (Å²) < 4.78 is 15.3. The summed E-state index contributed by atoms with van der Waals surface area (Å²) in [4.78, 5) is 46.2. The van der Waals surface area contributed by atoms with Crippen LogP contribution in [0.25, 0.3) is 0 Å². The second-order valence-corrected chi connectivity index (χ2v) is 6.32. The van der Waals surface area contributed by atoms with E-state index in [-0.39, 0.29) is 31.6 Å². The Morgan fingerprint density at radius 2 is 1.92 bits per heavy atom. The average molecular weight is 342 g/mol. The smallest absolute Gasteiger partial charge is 0.351 e. The van der Waals surface area contributed by atoms with Gasteiger partial charge in [-0.2, -0.15) is 0 Å². The van der Waals surface area contributed by atoms with Crippen LogP contribution >= 0.6 is 0 Å². The van der Waals surface area contributed by atoms with Crippen molar-refractivity contribution in [1.29, 1.82) is 0 Å². The van der Waals surface area contributed by atoms with Crippen molar-refractivity contribution >= 4 is 23.9 Å². The highest BCUT2D eigenvalue weighted by Crippen LogP contribution is 2.44. The first-order chi connectivity index (χ1) is 11.0. The number of hydrogen-bond donors (Lipinski definition) is 1. The molecule has 0 saturated carbocycles. The molecule has 1 fully saturated rings. The zero-order chi connectivity index (χ0) is 18.5. The van der Waals surface area contributed by atoms with Gasteiger partial charge in [0.05, 0.1) is 19.4 Å². The molecule has 1 aliphatic heterocycles. The summed E-state index contributed by atoms with van der Waals surface area (Å²) in [6.07, 6.45) is -0.863. The summed E-state index contributed by atoms with van der Waals surface area (Å²) >= 11 is 0. The lowest BCUT2D eigenvalue weighted by molar-refractivity contribution is -0.183. The standard InChI is InChI=1S/C16H22O8/c1-10(2)13(20)22-8-7-16(14(21)23-9-15(16,3)4)24-12(19)6-5-11(17)18/h1,5-9H2,2-4H3,(H,17,18). The Balaban J connectivity index is 2.87. The van der Waals surface area contributed by atoms with Crippen molar-refractivity contribution in [2.75, 3.05) is 13.2 Å². The normalized spacial score (nSPS) is 21.7. The van der Waals surface area contributed by atoms with Gasteiger partial charge in [0.15, 0.2) is 0 Å². The molecule has 1 atom stereocenters. The molecule has 24 heavy (non-hydrogen) atoms. The van der Waals surface area contributed by atoms with Crippen LogP contribution in [0.4, 0.5) is 0 Å². The number of carbonyl (C=O) groups is 4. The fourth-order valence-electron chi connectivity index (χ4n) is 2.29. The fourth-order valence-corrected chi connectivity index (χ4v) is 2.29. The number of cyclic esters (lactones) is 1. The number of carboxylic acids is 1. The van der Waals surface area contributed by atoms with Gasteiger partial charge < -0.3 is 19.3 Å². The third kappa shape index (κ3) is 4.33. The number of hydrogen-bond acceptors (Lipinski definition) is 7. The van der Waals surface area contributed by atoms with Crippen molar-refractivity contribution in [1.82, 2.24) is 0 Å². The van der Waals surface area contributed by atoms with Crippen LogP contribution in [-0.2, 0) is 33.4 Å². The molecule has 0 aromatic rings. The van der Waals surface area contributed by atoms with Gasteiger partial charge >= 0.3 is 23.9 Å². The molecule has 8 nitrogen and oxygen atoms in total. The molecule has 1 aliphatic rings. The van der Waals surface area contributed by atoms with Gasteiger partial charge in [0, 0.05) is 17.4 Å². The third-order valence-corrected chi connectivity index (χ3v) is 3.85. The molecule has 0 aromatic carbocycles. The first kappa shape index (κ1) is 19.7. The minimum atomic E-state index is -1.63. The predicted octanol–water partition coefficient (Wildman–Crippen LogP) is 1.23. The second kappa shape index (κ2) is 7.46. The molecule has 8 heteroatoms. The number of carboxylic acid groups (broad SMARTS) is 1. The first-order valence-electron chi connectivity index (χ1n) is 7.45. The maximum atomic E-state index is 12.2. The highest BCUT2D eigenvalue weighted by Gasteiger charge is 2.61. The minimum Gasteiger partial charge on any atom is -0.481 e. The van der Waals surface area contributed by atoms with Crippen molar-refractivity contribution in [3.8, 4) is 0 Å². The zero-order valence-corrected chi connectivity index (χ0v) is 14.0. The van der Waals surface area contributed by atoms with E-state index in [9.17, 15) is 19.2 Å². The Morgan fingerprint density at radius 3 is 2.38 bits per heavy atom. The molecule has 0 radical (unpaired) electrons. The van der Waals surface area contributed by atoms with E-state index in [1.807, 2.05) is 0 Å². The highest BCUT2D eigenvalue weighted by atomic mass is 16.6. The van der Waals surface area contributed by atoms with Gasteiger partial charge in [0.1, 0.15) is 6.61 Å². The predicted molar refractivity (Wildman–Crippen MR) is 80.8 cm³/mol. The van der Waals surface area contributed by atoms with Crippen LogP contribution in [0.15, 0.2) is 12.2 Å². The van der Waals surface area contributed by atoms with Crippen LogP contribution in [0, 0.1) is 5.41 Å². The monoisotopic (exact) mass is 342 g/mol. The van der Waals surface area contributed by atoms with E-state index in [0.29, 0.717) is 0 Å². The van der Waals surface area contributed by atoms with E-state index in [2.05, 4.69) is 6.58 Å². The zero-order valence-electron chi connectivity index (χ0n) is 14.0. The van der Waals surface area contributed by atoms with E-state index < -0.39 is 41.3 Å². The van der Waals surface area contributed by atoms with Crippen LogP contribution < -0.4 is 0 Å². The maximum absolute atomic E-state index is 12.2. The molecule has 0 aliphatic carbocycles. The Morgan fingerprint density at radius 1 is 1.29 bits per heavy atom. The Kier molecular flexibility index (Phi) is 6.11. The molecule has 1 saturated heterocycles. The van der Waals surface area contributed by atoms with Crippen molar-refractivity contribution < 1.29 is 38.5 Å². The van der Waals surface area contributed by atoms with Crippen LogP contribution in [0.1, 0.15) is 40.0 Å². The van der Waals surface area contributed by atoms with Crippen LogP contribution in [0.3, 0.4) is 0 Å². The van der Waals surface area contributed by atoms with Gasteiger partial charge in [-0.3, -0.25) is 9.59 Å². The molecule has 1 unspecified atom stereocenters. The van der Waals surface area contributed by atoms with E-state index >= 15 is 0 Å². The molecule has 1 heterocycles. The van der Waals surface area contributed by atoms with Gasteiger partial charge in [0.2, 0.25) is 5.60 Å². The minimum absolute atomic E-state index is 0.0342. The average Bonchev–Trinajstić information content (AvgIpc) is 2.69. The summed E-state index contributed by atoms with van der Waals surface area (Å²) in [6, 6.07) is 0. The van der Waals surface area contributed by atoms with E-state index in [1.165, 1.54) is 6.92 Å². The van der Waals surface area contributed by atoms with Crippen molar-refractivity contribution in [2.24, 2.45) is 5.41 Å². The van der Waals surface area contributed by atoms with Crippen molar-refractivity contribution in [2.45, 2.75) is 45.6 Å². The molecule has 0 amide bonds. The van der Waals surface area contributed by atoms with Gasteiger partial charge in [-0.25, -0.2) is 9.59 Å². The van der Waals surface area contributed by atoms with Crippen LogP contribution in [0.2, 0.25) is 0 Å². The van der Waals surface area contributed by atoms with Crippen molar-refractivity contribution in [3.63, 3.8) is 0 Å². The Hall–Kier alpha value is -2.38. The second-order valence-electron chi connectivity index (χ2n) is 6.32. The Labute approximate surface area is 139 Å². The number of ether oxygens (including phenoxy) is 3. The Bertz CT molecular complexity index is 562. The first-order valence-corrected chi connectivity index (χ1v) is 7.45. The number of carbonyl (C=O) groups excluding carboxylic acids is 3. The van der Waals surface area contributed by atoms with Crippen LogP contribution in [0.5, 0.6) is 0 Å². The highest BCUT2D eigenvalue weighted by molar-refractivity contribution is 5.88. The largest absolute Gasteiger partial charge is 0.481 e. The summed E-state index contributed by atoms with van der Waals surface area (Å²) in [7, 11) is 0. The van der Waals surface area contributed by atoms with Gasteiger partial charge in [0.25, 0.3) is 0 Å². The fraction of sp³-hybridized carbons (Fsp3) is 0.625. The quantitative estimate of drug-likeness (QED) is 0.398. The molecule has 0 bridgehead atoms. The summed E-state index contributed by atoms with van der Waals surface area (Å²) in [5.74, 6) is -3.32. The third-order valence-electron chi connectivity index (χ3n) is 3.85. The lowest BCUT2D eigenvalue weighted by Crippen LogP contribution is -2.51. The SMILES string of the molecule is C=C(C)C(=O)OCCC1(OC(=O)CCC(=O)O)C(=O)OCC1(C)C. The number of aliphatic carboxylic acids is 1. The molecule has 1 rings (SSSR count). The summed E-state index contributed by atoms with van der Waals surface area (Å²) in [5.41, 5.74) is -2.27. The topological polar surface area (TPSA) is 116 Å². The summed E-state index contributed by atoms with van der Waals surface area (Å²) in [6.45, 7) is 8.16. The van der Waals surface area contributed by atoms with Gasteiger partial charge in [-0.15, -0.1) is 0 Å². The molecular formula is C16H22O8. The molecule has 1 N–H and O–H groups in total. The van der Waals surface area contributed by atoms with Crippen LogP contribution in [-0.4, -0.2) is 47.8 Å². The van der Waals surface area contributed by atoms with E-state index in [1.54, 1.807) is 13.8 Å². The summed E-state index contributed by atoms with van der Waals surface area (Å²) in [5, 5.41) is 8.63. The van der Waals surface area contributed by atoms with Gasteiger partial charge in [-0.1, -0.05) is 20.4 Å².